The third-order valence-corrected chi connectivity index (χ3v) is 5.70. The molecule has 33 heavy (non-hydrogen) atoms. The van der Waals surface area contributed by atoms with Gasteiger partial charge in [-0.1, -0.05) is 6.07 Å². The lowest BCUT2D eigenvalue weighted by Gasteiger charge is -2.15. The largest absolute Gasteiger partial charge is 0.337 e. The van der Waals surface area contributed by atoms with Gasteiger partial charge in [-0.25, -0.2) is 0 Å². The zero-order valence-corrected chi connectivity index (χ0v) is 19.1. The summed E-state index contributed by atoms with van der Waals surface area (Å²) in [6, 6.07) is 12.7. The summed E-state index contributed by atoms with van der Waals surface area (Å²) in [5.74, 6) is -0.642. The number of hydrogen-bond donors (Lipinski definition) is 1. The monoisotopic (exact) mass is 439 g/mol. The lowest BCUT2D eigenvalue weighted by atomic mass is 10.0. The number of nitrogens with one attached hydrogen (secondary N) is 1. The second-order valence-electron chi connectivity index (χ2n) is 8.44. The molecule has 0 saturated heterocycles. The van der Waals surface area contributed by atoms with Crippen LogP contribution in [0.2, 0.25) is 0 Å². The van der Waals surface area contributed by atoms with E-state index >= 15 is 0 Å². The van der Waals surface area contributed by atoms with Crippen LogP contribution in [0.5, 0.6) is 0 Å². The topological polar surface area (TPSA) is 81.1 Å². The van der Waals surface area contributed by atoms with E-state index in [1.54, 1.807) is 22.8 Å². The highest BCUT2D eigenvalue weighted by Crippen LogP contribution is 2.20. The van der Waals surface area contributed by atoms with Crippen LogP contribution in [-0.4, -0.2) is 21.2 Å². The molecule has 4 aromatic rings. The fraction of sp³-hybridized carbons (Fsp3) is 0.185. The Kier molecular flexibility index (Phi) is 5.92. The van der Waals surface area contributed by atoms with Crippen LogP contribution in [0.25, 0.3) is 10.9 Å². The van der Waals surface area contributed by atoms with Gasteiger partial charge in [0, 0.05) is 35.2 Å². The first-order valence-corrected chi connectivity index (χ1v) is 10.7. The summed E-state index contributed by atoms with van der Waals surface area (Å²) in [6.45, 7) is 7.78. The van der Waals surface area contributed by atoms with E-state index in [1.807, 2.05) is 52.0 Å². The number of pyridine rings is 2. The number of rotatable bonds is 5. The van der Waals surface area contributed by atoms with Crippen molar-refractivity contribution in [3.05, 3.63) is 105 Å². The highest BCUT2D eigenvalue weighted by Gasteiger charge is 2.19. The van der Waals surface area contributed by atoms with E-state index in [4.69, 9.17) is 0 Å². The Hall–Kier alpha value is -4.06. The molecule has 1 N–H and O–H groups in total. The lowest BCUT2D eigenvalue weighted by Crippen LogP contribution is -2.24. The van der Waals surface area contributed by atoms with Gasteiger partial charge < -0.3 is 9.88 Å². The van der Waals surface area contributed by atoms with Gasteiger partial charge in [-0.3, -0.25) is 19.4 Å². The third-order valence-electron chi connectivity index (χ3n) is 5.70. The van der Waals surface area contributed by atoms with Gasteiger partial charge in [0.1, 0.15) is 6.54 Å². The molecule has 2 aromatic heterocycles. The lowest BCUT2D eigenvalue weighted by molar-refractivity contribution is -0.116. The van der Waals surface area contributed by atoms with Crippen molar-refractivity contribution in [1.29, 1.82) is 0 Å². The maximum atomic E-state index is 13.3. The molecule has 1 amide bonds. The molecule has 0 atom stereocenters. The molecule has 0 saturated carbocycles. The number of benzene rings is 2. The molecular weight excluding hydrogens is 414 g/mol. The minimum Gasteiger partial charge on any atom is -0.337 e. The van der Waals surface area contributed by atoms with Gasteiger partial charge in [0.05, 0.1) is 11.1 Å². The molecule has 6 heteroatoms. The number of aryl methyl sites for hydroxylation is 4. The summed E-state index contributed by atoms with van der Waals surface area (Å²) in [5.41, 5.74) is 5.42. The quantitative estimate of drug-likeness (QED) is 0.464. The summed E-state index contributed by atoms with van der Waals surface area (Å²) in [5, 5.41) is 3.34. The van der Waals surface area contributed by atoms with Crippen molar-refractivity contribution in [2.75, 3.05) is 5.32 Å². The first-order valence-electron chi connectivity index (χ1n) is 10.7. The van der Waals surface area contributed by atoms with Crippen LogP contribution >= 0.6 is 0 Å². The Morgan fingerprint density at radius 1 is 0.909 bits per heavy atom. The van der Waals surface area contributed by atoms with Gasteiger partial charge in [-0.15, -0.1) is 0 Å². The van der Waals surface area contributed by atoms with Crippen LogP contribution < -0.4 is 10.7 Å². The smallest absolute Gasteiger partial charge is 0.244 e. The van der Waals surface area contributed by atoms with E-state index in [0.717, 1.165) is 22.3 Å². The second-order valence-corrected chi connectivity index (χ2v) is 8.44. The number of nitrogens with zero attached hydrogens (tertiary/aromatic N) is 2. The van der Waals surface area contributed by atoms with Crippen molar-refractivity contribution in [1.82, 2.24) is 9.55 Å². The van der Waals surface area contributed by atoms with Gasteiger partial charge >= 0.3 is 0 Å². The molecule has 2 aromatic carbocycles. The molecule has 0 radical (unpaired) electrons. The Labute approximate surface area is 191 Å². The number of carbonyl (C=O) groups excluding carboxylic acids is 2. The van der Waals surface area contributed by atoms with Crippen LogP contribution in [0.1, 0.15) is 38.2 Å². The van der Waals surface area contributed by atoms with Crippen molar-refractivity contribution < 1.29 is 9.59 Å². The molecule has 0 spiro atoms. The van der Waals surface area contributed by atoms with Gasteiger partial charge in [0.25, 0.3) is 0 Å². The normalized spacial score (nSPS) is 10.9. The molecule has 0 aliphatic rings. The van der Waals surface area contributed by atoms with Crippen molar-refractivity contribution in [3.8, 4) is 0 Å². The molecule has 0 unspecified atom stereocenters. The molecule has 2 heterocycles. The minimum atomic E-state index is -0.397. The first-order chi connectivity index (χ1) is 15.7. The zero-order chi connectivity index (χ0) is 23.7. The predicted octanol–water partition coefficient (Wildman–Crippen LogP) is 4.50. The number of amides is 1. The van der Waals surface area contributed by atoms with Crippen molar-refractivity contribution in [2.24, 2.45) is 0 Å². The maximum absolute atomic E-state index is 13.3. The number of hydrogen-bond acceptors (Lipinski definition) is 4. The average Bonchev–Trinajstić information content (AvgIpc) is 2.76. The van der Waals surface area contributed by atoms with Crippen LogP contribution in [0.4, 0.5) is 5.69 Å². The summed E-state index contributed by atoms with van der Waals surface area (Å²) in [4.78, 5) is 43.3. The molecule has 0 aliphatic heterocycles. The fourth-order valence-corrected chi connectivity index (χ4v) is 4.00. The Morgan fingerprint density at radius 3 is 2.21 bits per heavy atom. The van der Waals surface area contributed by atoms with Crippen molar-refractivity contribution in [2.45, 2.75) is 34.2 Å². The zero-order valence-electron chi connectivity index (χ0n) is 19.1. The third kappa shape index (κ3) is 4.60. The maximum Gasteiger partial charge on any atom is 0.244 e. The standard InChI is InChI=1S/C27H25N3O3/c1-16-9-17(2)11-21(10-16)29-25(31)15-30-14-23(26(32)20-5-7-28-8-6-20)27(33)22-12-18(3)19(4)13-24(22)30/h5-14H,15H2,1-4H3,(H,29,31). The van der Waals surface area contributed by atoms with E-state index in [0.29, 0.717) is 22.2 Å². The Morgan fingerprint density at radius 2 is 1.55 bits per heavy atom. The minimum absolute atomic E-state index is 0.0242. The van der Waals surface area contributed by atoms with Crippen LogP contribution in [0.15, 0.2) is 65.8 Å². The second kappa shape index (κ2) is 8.82. The van der Waals surface area contributed by atoms with Crippen LogP contribution in [-0.2, 0) is 11.3 Å². The Bertz CT molecular complexity index is 1430. The van der Waals surface area contributed by atoms with E-state index in [1.165, 1.54) is 18.6 Å². The van der Waals surface area contributed by atoms with Gasteiger partial charge in [0.15, 0.2) is 5.78 Å². The van der Waals surface area contributed by atoms with Gasteiger partial charge in [0.2, 0.25) is 11.3 Å². The van der Waals surface area contributed by atoms with Gasteiger partial charge in [-0.2, -0.15) is 0 Å². The summed E-state index contributed by atoms with van der Waals surface area (Å²) < 4.78 is 1.68. The number of aromatic nitrogens is 2. The highest BCUT2D eigenvalue weighted by atomic mass is 16.2. The molecule has 166 valence electrons. The van der Waals surface area contributed by atoms with Crippen molar-refractivity contribution >= 4 is 28.3 Å². The molecule has 0 bridgehead atoms. The van der Waals surface area contributed by atoms with Crippen LogP contribution in [0.3, 0.4) is 0 Å². The number of ketones is 1. The van der Waals surface area contributed by atoms with E-state index in [2.05, 4.69) is 10.3 Å². The Balaban J connectivity index is 1.79. The van der Waals surface area contributed by atoms with E-state index in [9.17, 15) is 14.4 Å². The number of fused-ring (bicyclic) bond motifs is 1. The molecule has 6 nitrogen and oxygen atoms in total. The molecule has 4 rings (SSSR count). The predicted molar refractivity (Wildman–Crippen MR) is 130 cm³/mol. The summed E-state index contributed by atoms with van der Waals surface area (Å²) in [7, 11) is 0. The van der Waals surface area contributed by atoms with E-state index in [-0.39, 0.29) is 23.4 Å². The van der Waals surface area contributed by atoms with E-state index < -0.39 is 5.78 Å². The SMILES string of the molecule is Cc1cc(C)cc(NC(=O)Cn2cc(C(=O)c3ccncc3)c(=O)c3cc(C)c(C)cc32)c1. The van der Waals surface area contributed by atoms with Gasteiger partial charge in [-0.05, 0) is 86.3 Å². The molecular formula is C27H25N3O3. The fourth-order valence-electron chi connectivity index (χ4n) is 4.00. The summed E-state index contributed by atoms with van der Waals surface area (Å²) in [6.07, 6.45) is 4.51. The summed E-state index contributed by atoms with van der Waals surface area (Å²) >= 11 is 0. The molecule has 0 aliphatic carbocycles. The number of anilines is 1. The first kappa shape index (κ1) is 22.1. The van der Waals surface area contributed by atoms with Crippen molar-refractivity contribution in [3.63, 3.8) is 0 Å². The molecule has 0 fully saturated rings. The average molecular weight is 440 g/mol. The van der Waals surface area contributed by atoms with Crippen LogP contribution in [0, 0.1) is 27.7 Å². The highest BCUT2D eigenvalue weighted by molar-refractivity contribution is 6.10. The number of carbonyl (C=O) groups is 2.